The summed E-state index contributed by atoms with van der Waals surface area (Å²) < 4.78 is 55.4. The number of imidazole rings is 1. The molecular weight excluding hydrogens is 427 g/mol. The Kier molecular flexibility index (Phi) is 4.31. The van der Waals surface area contributed by atoms with Crippen LogP contribution >= 0.6 is 0 Å². The van der Waals surface area contributed by atoms with E-state index in [-0.39, 0.29) is 22.8 Å². The molecule has 0 atom stereocenters. The fourth-order valence-electron chi connectivity index (χ4n) is 5.70. The van der Waals surface area contributed by atoms with Crippen LogP contribution < -0.4 is 10.5 Å². The number of anilines is 1. The molecule has 2 saturated heterocycles. The molecule has 3 aliphatic carbocycles. The first-order chi connectivity index (χ1) is 15.3. The summed E-state index contributed by atoms with van der Waals surface area (Å²) in [7, 11) is 0. The summed E-state index contributed by atoms with van der Waals surface area (Å²) >= 11 is 0. The lowest BCUT2D eigenvalue weighted by molar-refractivity contribution is -0.274. The predicted octanol–water partition coefficient (Wildman–Crippen LogP) is 2.50. The Balaban J connectivity index is 1.30. The molecule has 2 aromatic rings. The van der Waals surface area contributed by atoms with Crippen molar-refractivity contribution >= 4 is 5.82 Å². The number of halogens is 3. The Morgan fingerprint density at radius 3 is 2.44 bits per heavy atom. The maximum atomic E-state index is 12.7. The van der Waals surface area contributed by atoms with Gasteiger partial charge in [-0.25, -0.2) is 9.97 Å². The number of nitrogen functional groups attached to an aromatic ring is 1. The van der Waals surface area contributed by atoms with Crippen molar-refractivity contribution < 1.29 is 27.4 Å². The Morgan fingerprint density at radius 2 is 1.81 bits per heavy atom. The van der Waals surface area contributed by atoms with E-state index in [1.54, 1.807) is 0 Å². The molecule has 0 aromatic carbocycles. The summed E-state index contributed by atoms with van der Waals surface area (Å²) in [6.45, 7) is 4.69. The quantitative estimate of drug-likeness (QED) is 0.747. The van der Waals surface area contributed by atoms with Gasteiger partial charge in [0, 0.05) is 36.6 Å². The Morgan fingerprint density at radius 1 is 1.09 bits per heavy atom. The van der Waals surface area contributed by atoms with Gasteiger partial charge >= 0.3 is 6.36 Å². The summed E-state index contributed by atoms with van der Waals surface area (Å²) in [6.07, 6.45) is 1.70. The highest BCUT2D eigenvalue weighted by molar-refractivity contribution is 5.64. The lowest BCUT2D eigenvalue weighted by Crippen LogP contribution is -2.79. The van der Waals surface area contributed by atoms with Crippen LogP contribution in [0, 0.1) is 0 Å². The van der Waals surface area contributed by atoms with Crippen LogP contribution in [0.15, 0.2) is 18.5 Å². The van der Waals surface area contributed by atoms with Gasteiger partial charge in [-0.3, -0.25) is 4.90 Å². The SMILES string of the molecule is Nc1ncc(-c2cn(C34CC(N5CCOCC5)(C3)C4)c(C3COC3)n2)cc1OC(F)(F)F. The largest absolute Gasteiger partial charge is 0.573 e. The molecule has 2 bridgehead atoms. The topological polar surface area (TPSA) is 87.7 Å². The molecule has 4 heterocycles. The average Bonchev–Trinajstić information content (AvgIpc) is 3.04. The molecule has 7 rings (SSSR count). The number of nitrogens with zero attached hydrogens (tertiary/aromatic N) is 4. The molecule has 2 N–H and O–H groups in total. The molecule has 5 fully saturated rings. The third-order valence-corrected chi connectivity index (χ3v) is 7.31. The maximum Gasteiger partial charge on any atom is 0.573 e. The third-order valence-electron chi connectivity index (χ3n) is 7.31. The van der Waals surface area contributed by atoms with Crippen molar-refractivity contribution in [2.24, 2.45) is 0 Å². The van der Waals surface area contributed by atoms with E-state index in [1.165, 1.54) is 12.3 Å². The first-order valence-electron chi connectivity index (χ1n) is 10.8. The van der Waals surface area contributed by atoms with E-state index in [1.807, 2.05) is 6.20 Å². The van der Waals surface area contributed by atoms with Crippen LogP contribution in [0.4, 0.5) is 19.0 Å². The Labute approximate surface area is 182 Å². The minimum atomic E-state index is -4.85. The molecule has 5 aliphatic rings. The fourth-order valence-corrected chi connectivity index (χ4v) is 5.70. The Hall–Kier alpha value is -2.37. The van der Waals surface area contributed by atoms with Gasteiger partial charge in [0.1, 0.15) is 5.82 Å². The number of hydrogen-bond acceptors (Lipinski definition) is 7. The monoisotopic (exact) mass is 451 g/mol. The second-order valence-electron chi connectivity index (χ2n) is 9.32. The number of morpholine rings is 1. The normalized spacial score (nSPS) is 30.3. The highest BCUT2D eigenvalue weighted by atomic mass is 19.4. The zero-order chi connectivity index (χ0) is 22.1. The number of rotatable bonds is 5. The molecule has 8 nitrogen and oxygen atoms in total. The average molecular weight is 451 g/mol. The van der Waals surface area contributed by atoms with Gasteiger partial charge in [0.2, 0.25) is 0 Å². The second-order valence-corrected chi connectivity index (χ2v) is 9.32. The van der Waals surface area contributed by atoms with Crippen molar-refractivity contribution in [3.63, 3.8) is 0 Å². The van der Waals surface area contributed by atoms with Crippen molar-refractivity contribution in [1.29, 1.82) is 0 Å². The van der Waals surface area contributed by atoms with E-state index >= 15 is 0 Å². The maximum absolute atomic E-state index is 12.7. The lowest BCUT2D eigenvalue weighted by Gasteiger charge is -2.74. The molecule has 0 spiro atoms. The van der Waals surface area contributed by atoms with Crippen molar-refractivity contribution in [3.05, 3.63) is 24.3 Å². The van der Waals surface area contributed by atoms with E-state index in [9.17, 15) is 13.2 Å². The van der Waals surface area contributed by atoms with Gasteiger partial charge in [0.15, 0.2) is 11.6 Å². The van der Waals surface area contributed by atoms with Gasteiger partial charge in [-0.2, -0.15) is 0 Å². The van der Waals surface area contributed by atoms with Gasteiger partial charge < -0.3 is 24.5 Å². The number of aromatic nitrogens is 3. The standard InChI is InChI=1S/C21H24F3N5O3/c22-21(23,24)32-16-5-13(6-26-17(16)25)15-7-29(18(27-15)14-8-31-9-14)20-10-19(11-20,12-20)28-1-3-30-4-2-28/h5-7,14H,1-4,8-12H2,(H2,25,26). The smallest absolute Gasteiger partial charge is 0.402 e. The summed E-state index contributed by atoms with van der Waals surface area (Å²) in [5, 5.41) is 0. The Bertz CT molecular complexity index is 1030. The van der Waals surface area contributed by atoms with Gasteiger partial charge in [-0.1, -0.05) is 0 Å². The van der Waals surface area contributed by atoms with Crippen LogP contribution in [0.5, 0.6) is 5.75 Å². The van der Waals surface area contributed by atoms with Crippen molar-refractivity contribution in [3.8, 4) is 17.0 Å². The molecule has 2 aliphatic heterocycles. The zero-order valence-electron chi connectivity index (χ0n) is 17.4. The second kappa shape index (κ2) is 6.82. The van der Waals surface area contributed by atoms with Crippen LogP contribution in [0.1, 0.15) is 31.0 Å². The van der Waals surface area contributed by atoms with Crippen LogP contribution in [-0.4, -0.2) is 70.9 Å². The van der Waals surface area contributed by atoms with Gasteiger partial charge in [-0.05, 0) is 25.3 Å². The van der Waals surface area contributed by atoms with Gasteiger partial charge in [0.05, 0.1) is 43.6 Å². The molecule has 11 heteroatoms. The van der Waals surface area contributed by atoms with Crippen LogP contribution in [0.3, 0.4) is 0 Å². The zero-order valence-corrected chi connectivity index (χ0v) is 17.4. The number of alkyl halides is 3. The van der Waals surface area contributed by atoms with E-state index in [2.05, 4.69) is 19.2 Å². The first-order valence-corrected chi connectivity index (χ1v) is 10.8. The summed E-state index contributed by atoms with van der Waals surface area (Å²) in [5.74, 6) is 0.279. The molecule has 32 heavy (non-hydrogen) atoms. The molecule has 0 amide bonds. The van der Waals surface area contributed by atoms with Crippen LogP contribution in [0.25, 0.3) is 11.3 Å². The summed E-state index contributed by atoms with van der Waals surface area (Å²) in [5.41, 5.74) is 6.86. The molecule has 0 radical (unpaired) electrons. The number of nitrogens with two attached hydrogens (primary N) is 1. The van der Waals surface area contributed by atoms with Crippen LogP contribution in [0.2, 0.25) is 0 Å². The minimum Gasteiger partial charge on any atom is -0.402 e. The van der Waals surface area contributed by atoms with Crippen molar-refractivity contribution in [2.45, 2.75) is 42.6 Å². The molecule has 172 valence electrons. The lowest BCUT2D eigenvalue weighted by atomic mass is 9.43. The van der Waals surface area contributed by atoms with Crippen molar-refractivity contribution in [1.82, 2.24) is 19.4 Å². The highest BCUT2D eigenvalue weighted by Gasteiger charge is 2.71. The fraction of sp³-hybridized carbons (Fsp3) is 0.619. The van der Waals surface area contributed by atoms with E-state index < -0.39 is 12.1 Å². The predicted molar refractivity (Wildman–Crippen MR) is 107 cm³/mol. The molecule has 0 unspecified atom stereocenters. The van der Waals surface area contributed by atoms with E-state index in [4.69, 9.17) is 20.2 Å². The number of pyridine rings is 1. The highest BCUT2D eigenvalue weighted by Crippen LogP contribution is 2.68. The number of hydrogen-bond donors (Lipinski definition) is 1. The third kappa shape index (κ3) is 3.09. The minimum absolute atomic E-state index is 0.0149. The van der Waals surface area contributed by atoms with E-state index in [0.29, 0.717) is 24.5 Å². The van der Waals surface area contributed by atoms with E-state index in [0.717, 1.165) is 51.4 Å². The number of ether oxygens (including phenoxy) is 3. The van der Waals surface area contributed by atoms with Gasteiger partial charge in [-0.15, -0.1) is 13.2 Å². The summed E-state index contributed by atoms with van der Waals surface area (Å²) in [4.78, 5) is 11.3. The molecular formula is C21H24F3N5O3. The van der Waals surface area contributed by atoms with Crippen LogP contribution in [-0.2, 0) is 15.0 Å². The van der Waals surface area contributed by atoms with Crippen molar-refractivity contribution in [2.75, 3.05) is 45.3 Å². The first kappa shape index (κ1) is 20.3. The summed E-state index contributed by atoms with van der Waals surface area (Å²) in [6, 6.07) is 1.25. The molecule has 3 saturated carbocycles. The van der Waals surface area contributed by atoms with Gasteiger partial charge in [0.25, 0.3) is 0 Å². The molecule has 2 aromatic heterocycles.